The lowest BCUT2D eigenvalue weighted by Gasteiger charge is -2.13. The van der Waals surface area contributed by atoms with Gasteiger partial charge in [0.2, 0.25) is 5.75 Å². The summed E-state index contributed by atoms with van der Waals surface area (Å²) in [6.07, 6.45) is 0.621. The van der Waals surface area contributed by atoms with E-state index in [1.54, 1.807) is 6.07 Å². The molecule has 0 saturated heterocycles. The van der Waals surface area contributed by atoms with Crippen molar-refractivity contribution >= 4 is 33.2 Å². The van der Waals surface area contributed by atoms with Gasteiger partial charge >= 0.3 is 5.69 Å². The van der Waals surface area contributed by atoms with Gasteiger partial charge in [-0.05, 0) is 19.1 Å². The molecule has 1 N–H and O–H groups in total. The maximum absolute atomic E-state index is 11.0. The average Bonchev–Trinajstić information content (AvgIpc) is 2.30. The van der Waals surface area contributed by atoms with Crippen LogP contribution in [0.5, 0.6) is 5.75 Å². The van der Waals surface area contributed by atoms with Crippen LogP contribution in [0.2, 0.25) is 0 Å². The zero-order chi connectivity index (χ0) is 13.7. The lowest BCUT2D eigenvalue weighted by Crippen LogP contribution is -2.04. The van der Waals surface area contributed by atoms with Gasteiger partial charge in [0.1, 0.15) is 6.61 Å². The number of hydrogen-bond acceptors (Lipinski definition) is 4. The molecule has 5 nitrogen and oxygen atoms in total. The monoisotopic (exact) mass is 335 g/mol. The van der Waals surface area contributed by atoms with Gasteiger partial charge in [0.15, 0.2) is 0 Å². The summed E-state index contributed by atoms with van der Waals surface area (Å²) < 4.78 is 5.80. The number of nitro benzene ring substituents is 1. The second-order valence-electron chi connectivity index (χ2n) is 3.45. The van der Waals surface area contributed by atoms with Crippen LogP contribution in [0.15, 0.2) is 28.2 Å². The highest BCUT2D eigenvalue weighted by atomic mass is 79.9. The highest BCUT2D eigenvalue weighted by Gasteiger charge is 2.22. The van der Waals surface area contributed by atoms with Crippen molar-refractivity contribution in [2.45, 2.75) is 13.0 Å². The van der Waals surface area contributed by atoms with Gasteiger partial charge in [-0.1, -0.05) is 27.5 Å². The van der Waals surface area contributed by atoms with Crippen molar-refractivity contribution in [1.82, 2.24) is 0 Å². The summed E-state index contributed by atoms with van der Waals surface area (Å²) in [4.78, 5) is 10.4. The average molecular weight is 337 g/mol. The van der Waals surface area contributed by atoms with E-state index in [1.165, 1.54) is 24.6 Å². The molecular weight excluding hydrogens is 325 g/mol. The molecular formula is C11H11BrClNO4. The van der Waals surface area contributed by atoms with Gasteiger partial charge < -0.3 is 9.84 Å². The Kier molecular flexibility index (Phi) is 5.58. The Bertz CT molecular complexity index is 476. The Morgan fingerprint density at radius 2 is 2.33 bits per heavy atom. The Labute approximate surface area is 117 Å². The van der Waals surface area contributed by atoms with Crippen LogP contribution in [-0.4, -0.2) is 16.6 Å². The second kappa shape index (κ2) is 6.72. The van der Waals surface area contributed by atoms with Crippen molar-refractivity contribution in [3.8, 4) is 5.75 Å². The first-order valence-corrected chi connectivity index (χ1v) is 6.24. The number of aliphatic hydroxyl groups excluding tert-OH is 1. The Hall–Kier alpha value is -1.11. The molecule has 1 aromatic rings. The van der Waals surface area contributed by atoms with Crippen LogP contribution in [0.4, 0.5) is 5.69 Å². The maximum Gasteiger partial charge on any atom is 0.312 e. The zero-order valence-corrected chi connectivity index (χ0v) is 11.8. The quantitative estimate of drug-likeness (QED) is 0.659. The molecule has 7 heteroatoms. The van der Waals surface area contributed by atoms with E-state index in [0.29, 0.717) is 10.0 Å². The van der Waals surface area contributed by atoms with E-state index in [9.17, 15) is 15.2 Å². The third kappa shape index (κ3) is 3.69. The van der Waals surface area contributed by atoms with Crippen LogP contribution in [-0.2, 0) is 0 Å². The molecule has 0 spiro atoms. The minimum Gasteiger partial charge on any atom is -0.482 e. The predicted molar refractivity (Wildman–Crippen MR) is 71.9 cm³/mol. The molecule has 0 aromatic heterocycles. The summed E-state index contributed by atoms with van der Waals surface area (Å²) in [6, 6.07) is 2.91. The third-order valence-corrected chi connectivity index (χ3v) is 2.76. The number of aliphatic hydroxyl groups is 1. The first-order chi connectivity index (χ1) is 8.47. The summed E-state index contributed by atoms with van der Waals surface area (Å²) in [5.41, 5.74) is 1.40. The molecule has 0 bridgehead atoms. The van der Waals surface area contributed by atoms with Crippen LogP contribution in [0.25, 0.3) is 0 Å². The van der Waals surface area contributed by atoms with Gasteiger partial charge in [0, 0.05) is 21.6 Å². The summed E-state index contributed by atoms with van der Waals surface area (Å²) in [6.45, 7) is 1.60. The molecule has 0 radical (unpaired) electrons. The number of rotatable bonds is 5. The smallest absolute Gasteiger partial charge is 0.312 e. The molecule has 0 amide bonds. The molecule has 0 heterocycles. The van der Waals surface area contributed by atoms with Gasteiger partial charge in [-0.2, -0.15) is 0 Å². The summed E-state index contributed by atoms with van der Waals surface area (Å²) >= 11 is 8.51. The minimum absolute atomic E-state index is 0.0490. The molecule has 0 aliphatic rings. The van der Waals surface area contributed by atoms with Crippen LogP contribution >= 0.6 is 27.5 Å². The molecule has 1 aromatic carbocycles. The molecule has 0 aliphatic carbocycles. The summed E-state index contributed by atoms with van der Waals surface area (Å²) in [5.74, 6) is 0.0490. The van der Waals surface area contributed by atoms with Gasteiger partial charge in [-0.3, -0.25) is 10.1 Å². The fourth-order valence-electron chi connectivity index (χ4n) is 1.37. The van der Waals surface area contributed by atoms with E-state index >= 15 is 0 Å². The highest BCUT2D eigenvalue weighted by molar-refractivity contribution is 9.10. The normalized spacial score (nSPS) is 12.7. The van der Waals surface area contributed by atoms with Gasteiger partial charge in [0.05, 0.1) is 11.0 Å². The predicted octanol–water partition coefficient (Wildman–Crippen LogP) is 3.54. The highest BCUT2D eigenvalue weighted by Crippen LogP contribution is 2.37. The molecule has 98 valence electrons. The van der Waals surface area contributed by atoms with Crippen molar-refractivity contribution in [3.05, 3.63) is 43.9 Å². The number of benzene rings is 1. The number of nitro groups is 1. The number of halogens is 2. The van der Waals surface area contributed by atoms with Gasteiger partial charge in [-0.25, -0.2) is 0 Å². The maximum atomic E-state index is 11.0. The Balaban J connectivity index is 3.27. The SMILES string of the molecule is C[C@H](O)c1cc(Br)cc([N+](=O)[O-])c1OC/C=C/Cl. The molecule has 1 rings (SSSR count). The van der Waals surface area contributed by atoms with Crippen molar-refractivity contribution in [3.63, 3.8) is 0 Å². The van der Waals surface area contributed by atoms with Gasteiger partial charge in [0.25, 0.3) is 0 Å². The first-order valence-electron chi connectivity index (χ1n) is 5.01. The molecule has 18 heavy (non-hydrogen) atoms. The van der Waals surface area contributed by atoms with Crippen LogP contribution < -0.4 is 4.74 Å². The van der Waals surface area contributed by atoms with E-state index in [1.807, 2.05) is 0 Å². The van der Waals surface area contributed by atoms with E-state index in [-0.39, 0.29) is 18.0 Å². The Morgan fingerprint density at radius 3 is 2.83 bits per heavy atom. The number of hydrogen-bond donors (Lipinski definition) is 1. The van der Waals surface area contributed by atoms with E-state index < -0.39 is 11.0 Å². The molecule has 0 aliphatic heterocycles. The zero-order valence-electron chi connectivity index (χ0n) is 9.47. The largest absolute Gasteiger partial charge is 0.482 e. The van der Waals surface area contributed by atoms with Crippen LogP contribution in [0.3, 0.4) is 0 Å². The topological polar surface area (TPSA) is 72.6 Å². The fourth-order valence-corrected chi connectivity index (χ4v) is 1.91. The lowest BCUT2D eigenvalue weighted by molar-refractivity contribution is -0.386. The molecule has 0 saturated carbocycles. The van der Waals surface area contributed by atoms with Crippen LogP contribution in [0.1, 0.15) is 18.6 Å². The van der Waals surface area contributed by atoms with E-state index in [4.69, 9.17) is 16.3 Å². The second-order valence-corrected chi connectivity index (χ2v) is 4.62. The van der Waals surface area contributed by atoms with Gasteiger partial charge in [-0.15, -0.1) is 0 Å². The van der Waals surface area contributed by atoms with Crippen molar-refractivity contribution in [1.29, 1.82) is 0 Å². The fraction of sp³-hybridized carbons (Fsp3) is 0.273. The van der Waals surface area contributed by atoms with E-state index in [2.05, 4.69) is 15.9 Å². The van der Waals surface area contributed by atoms with Crippen molar-refractivity contribution < 1.29 is 14.8 Å². The van der Waals surface area contributed by atoms with Crippen molar-refractivity contribution in [2.24, 2.45) is 0 Å². The molecule has 1 atom stereocenters. The van der Waals surface area contributed by atoms with Crippen LogP contribution in [0, 0.1) is 10.1 Å². The summed E-state index contributed by atoms with van der Waals surface area (Å²) in [7, 11) is 0. The van der Waals surface area contributed by atoms with Crippen molar-refractivity contribution in [2.75, 3.05) is 6.61 Å². The standard InChI is InChI=1S/C11H11BrClNO4/c1-7(15)9-5-8(12)6-10(14(16)17)11(9)18-4-2-3-13/h2-3,5-7,15H,4H2,1H3/b3-2+/t7-/m0/s1. The first kappa shape index (κ1) is 14.9. The number of ether oxygens (including phenoxy) is 1. The third-order valence-electron chi connectivity index (χ3n) is 2.12. The number of nitrogens with zero attached hydrogens (tertiary/aromatic N) is 1. The molecule has 0 fully saturated rings. The summed E-state index contributed by atoms with van der Waals surface area (Å²) in [5, 5.41) is 20.6. The minimum atomic E-state index is -0.879. The molecule has 0 unspecified atom stereocenters. The Morgan fingerprint density at radius 1 is 1.67 bits per heavy atom. The lowest BCUT2D eigenvalue weighted by atomic mass is 10.1. The van der Waals surface area contributed by atoms with E-state index in [0.717, 1.165) is 0 Å².